The molecular formula is C14H13N3O4. The van der Waals surface area contributed by atoms with E-state index in [4.69, 9.17) is 9.47 Å². The van der Waals surface area contributed by atoms with Gasteiger partial charge in [-0.2, -0.15) is 5.10 Å². The molecule has 7 heteroatoms. The van der Waals surface area contributed by atoms with Crippen molar-refractivity contribution in [2.75, 3.05) is 6.79 Å². The highest BCUT2D eigenvalue weighted by Gasteiger charge is 2.30. The van der Waals surface area contributed by atoms with Crippen LogP contribution >= 0.6 is 0 Å². The molecule has 1 aromatic carbocycles. The third-order valence-electron chi connectivity index (χ3n) is 3.80. The topological polar surface area (TPSA) is 86.5 Å². The molecule has 0 radical (unpaired) electrons. The number of carboxylic acids is 1. The minimum Gasteiger partial charge on any atom is -0.481 e. The third-order valence-corrected chi connectivity index (χ3v) is 3.80. The maximum atomic E-state index is 11.3. The molecule has 2 aromatic rings. The fraction of sp³-hybridized carbons (Fsp3) is 0.357. The standard InChI is InChI=1S/C14H13N3O4/c18-14(19)9-2-1-5-17-13(9)15-12(16-17)8-3-4-10-11(6-8)21-7-20-10/h3-4,6,9H,1-2,5,7H2,(H,18,19). The van der Waals surface area contributed by atoms with Gasteiger partial charge in [0.15, 0.2) is 17.3 Å². The van der Waals surface area contributed by atoms with Gasteiger partial charge in [-0.3, -0.25) is 4.79 Å². The fourth-order valence-corrected chi connectivity index (χ4v) is 2.74. The molecule has 108 valence electrons. The van der Waals surface area contributed by atoms with Crippen LogP contribution in [-0.4, -0.2) is 32.6 Å². The average molecular weight is 287 g/mol. The van der Waals surface area contributed by atoms with Crippen LogP contribution in [0.5, 0.6) is 11.5 Å². The number of fused-ring (bicyclic) bond motifs is 2. The summed E-state index contributed by atoms with van der Waals surface area (Å²) >= 11 is 0. The fourth-order valence-electron chi connectivity index (χ4n) is 2.74. The van der Waals surface area contributed by atoms with E-state index in [1.54, 1.807) is 4.68 Å². The number of ether oxygens (including phenoxy) is 2. The van der Waals surface area contributed by atoms with Gasteiger partial charge in [0.05, 0.1) is 0 Å². The zero-order chi connectivity index (χ0) is 14.4. The van der Waals surface area contributed by atoms with Gasteiger partial charge in [0.1, 0.15) is 11.7 Å². The Morgan fingerprint density at radius 1 is 1.33 bits per heavy atom. The molecule has 1 N–H and O–H groups in total. The Morgan fingerprint density at radius 2 is 2.19 bits per heavy atom. The van der Waals surface area contributed by atoms with E-state index < -0.39 is 11.9 Å². The smallest absolute Gasteiger partial charge is 0.314 e. The lowest BCUT2D eigenvalue weighted by Crippen LogP contribution is -2.22. The van der Waals surface area contributed by atoms with E-state index in [2.05, 4.69) is 10.1 Å². The average Bonchev–Trinajstić information content (AvgIpc) is 3.11. The van der Waals surface area contributed by atoms with Crippen LogP contribution in [-0.2, 0) is 11.3 Å². The number of aliphatic carboxylic acids is 1. The molecule has 3 heterocycles. The number of aryl methyl sites for hydroxylation is 1. The van der Waals surface area contributed by atoms with Gasteiger partial charge in [0.2, 0.25) is 6.79 Å². The predicted molar refractivity (Wildman–Crippen MR) is 71.2 cm³/mol. The molecule has 1 aromatic heterocycles. The Kier molecular flexibility index (Phi) is 2.60. The molecule has 1 atom stereocenters. The first-order valence-electron chi connectivity index (χ1n) is 6.80. The lowest BCUT2D eigenvalue weighted by molar-refractivity contribution is -0.139. The Labute approximate surface area is 120 Å². The first kappa shape index (κ1) is 12.2. The minimum absolute atomic E-state index is 0.215. The summed E-state index contributed by atoms with van der Waals surface area (Å²) in [4.78, 5) is 15.7. The monoisotopic (exact) mass is 287 g/mol. The Morgan fingerprint density at radius 3 is 3.05 bits per heavy atom. The molecule has 4 rings (SSSR count). The highest BCUT2D eigenvalue weighted by atomic mass is 16.7. The summed E-state index contributed by atoms with van der Waals surface area (Å²) in [5.74, 6) is 0.994. The van der Waals surface area contributed by atoms with Crippen molar-refractivity contribution in [2.45, 2.75) is 25.3 Å². The van der Waals surface area contributed by atoms with Gasteiger partial charge in [0.25, 0.3) is 0 Å². The largest absolute Gasteiger partial charge is 0.481 e. The van der Waals surface area contributed by atoms with Gasteiger partial charge >= 0.3 is 5.97 Å². The van der Waals surface area contributed by atoms with Crippen molar-refractivity contribution in [2.24, 2.45) is 0 Å². The Bertz CT molecular complexity index is 725. The Hall–Kier alpha value is -2.57. The van der Waals surface area contributed by atoms with Crippen LogP contribution < -0.4 is 9.47 Å². The molecule has 0 fully saturated rings. The summed E-state index contributed by atoms with van der Waals surface area (Å²) in [5.41, 5.74) is 0.797. The van der Waals surface area contributed by atoms with E-state index in [-0.39, 0.29) is 6.79 Å². The summed E-state index contributed by atoms with van der Waals surface area (Å²) in [7, 11) is 0. The number of carbonyl (C=O) groups is 1. The number of rotatable bonds is 2. The molecule has 0 saturated carbocycles. The first-order chi connectivity index (χ1) is 10.2. The van der Waals surface area contributed by atoms with Gasteiger partial charge < -0.3 is 14.6 Å². The number of nitrogens with zero attached hydrogens (tertiary/aromatic N) is 3. The number of hydrogen-bond acceptors (Lipinski definition) is 5. The number of carboxylic acid groups (broad SMARTS) is 1. The second-order valence-electron chi connectivity index (χ2n) is 5.12. The molecule has 0 saturated heterocycles. The zero-order valence-electron chi connectivity index (χ0n) is 11.2. The quantitative estimate of drug-likeness (QED) is 0.903. The van der Waals surface area contributed by atoms with E-state index in [0.29, 0.717) is 36.1 Å². The molecule has 2 aliphatic heterocycles. The molecule has 1 unspecified atom stereocenters. The highest BCUT2D eigenvalue weighted by molar-refractivity contribution is 5.75. The summed E-state index contributed by atoms with van der Waals surface area (Å²) in [6, 6.07) is 5.48. The van der Waals surface area contributed by atoms with Crippen LogP contribution in [0.1, 0.15) is 24.6 Å². The van der Waals surface area contributed by atoms with Crippen LogP contribution in [0.25, 0.3) is 11.4 Å². The van der Waals surface area contributed by atoms with E-state index in [1.807, 2.05) is 18.2 Å². The summed E-state index contributed by atoms with van der Waals surface area (Å²) < 4.78 is 12.3. The van der Waals surface area contributed by atoms with Gasteiger partial charge in [-0.05, 0) is 31.0 Å². The number of hydrogen-bond donors (Lipinski definition) is 1. The van der Waals surface area contributed by atoms with Crippen molar-refractivity contribution < 1.29 is 19.4 Å². The van der Waals surface area contributed by atoms with E-state index in [9.17, 15) is 9.90 Å². The van der Waals surface area contributed by atoms with Crippen molar-refractivity contribution >= 4 is 5.97 Å². The lowest BCUT2D eigenvalue weighted by Gasteiger charge is -2.17. The van der Waals surface area contributed by atoms with Gasteiger partial charge in [-0.25, -0.2) is 9.67 Å². The molecular weight excluding hydrogens is 274 g/mol. The molecule has 0 spiro atoms. The van der Waals surface area contributed by atoms with Crippen LogP contribution in [0.3, 0.4) is 0 Å². The molecule has 0 amide bonds. The van der Waals surface area contributed by atoms with Crippen molar-refractivity contribution in [1.29, 1.82) is 0 Å². The summed E-state index contributed by atoms with van der Waals surface area (Å²) in [6.07, 6.45) is 1.41. The van der Waals surface area contributed by atoms with Crippen LogP contribution in [0.2, 0.25) is 0 Å². The first-order valence-corrected chi connectivity index (χ1v) is 6.80. The molecule has 0 aliphatic carbocycles. The zero-order valence-corrected chi connectivity index (χ0v) is 11.2. The second-order valence-corrected chi connectivity index (χ2v) is 5.12. The summed E-state index contributed by atoms with van der Waals surface area (Å²) in [6.45, 7) is 0.920. The summed E-state index contributed by atoms with van der Waals surface area (Å²) in [5, 5.41) is 13.7. The van der Waals surface area contributed by atoms with Gasteiger partial charge in [-0.1, -0.05) is 0 Å². The molecule has 7 nitrogen and oxygen atoms in total. The van der Waals surface area contributed by atoms with Crippen LogP contribution in [0.15, 0.2) is 18.2 Å². The number of benzene rings is 1. The highest BCUT2D eigenvalue weighted by Crippen LogP contribution is 2.36. The lowest BCUT2D eigenvalue weighted by atomic mass is 10.00. The molecule has 2 aliphatic rings. The van der Waals surface area contributed by atoms with E-state index >= 15 is 0 Å². The molecule has 0 bridgehead atoms. The van der Waals surface area contributed by atoms with Crippen molar-refractivity contribution in [3.05, 3.63) is 24.0 Å². The maximum absolute atomic E-state index is 11.3. The van der Waals surface area contributed by atoms with Crippen molar-refractivity contribution in [3.63, 3.8) is 0 Å². The maximum Gasteiger partial charge on any atom is 0.314 e. The van der Waals surface area contributed by atoms with Crippen molar-refractivity contribution in [1.82, 2.24) is 14.8 Å². The third kappa shape index (κ3) is 1.93. The van der Waals surface area contributed by atoms with Crippen LogP contribution in [0, 0.1) is 0 Å². The van der Waals surface area contributed by atoms with E-state index in [0.717, 1.165) is 12.0 Å². The normalized spacial score (nSPS) is 19.3. The van der Waals surface area contributed by atoms with Gasteiger partial charge in [0, 0.05) is 12.1 Å². The minimum atomic E-state index is -0.847. The second kappa shape index (κ2) is 4.47. The van der Waals surface area contributed by atoms with Gasteiger partial charge in [-0.15, -0.1) is 0 Å². The van der Waals surface area contributed by atoms with Crippen LogP contribution in [0.4, 0.5) is 0 Å². The van der Waals surface area contributed by atoms with Crippen molar-refractivity contribution in [3.8, 4) is 22.9 Å². The SMILES string of the molecule is O=C(O)C1CCCn2nc(-c3ccc4c(c3)OCO4)nc21. The molecule has 21 heavy (non-hydrogen) atoms. The Balaban J connectivity index is 1.75. The predicted octanol–water partition coefficient (Wildman–Crippen LogP) is 1.64. The van der Waals surface area contributed by atoms with E-state index in [1.165, 1.54) is 0 Å². The number of aromatic nitrogens is 3.